The Balaban J connectivity index is 1.54. The Morgan fingerprint density at radius 1 is 1.42 bits per heavy atom. The number of hydrogen-bond acceptors (Lipinski definition) is 3. The first kappa shape index (κ1) is 12.2. The lowest BCUT2D eigenvalue weighted by Gasteiger charge is -2.03. The number of nitrogens with zero attached hydrogens (tertiary/aromatic N) is 2. The molecule has 1 aromatic heterocycles. The number of nitrogens with one attached hydrogen (secondary N) is 2. The Bertz CT molecular complexity index is 567. The second kappa shape index (κ2) is 5.01. The van der Waals surface area contributed by atoms with Gasteiger partial charge in [-0.25, -0.2) is 4.98 Å². The molecule has 98 valence electrons. The number of rotatable bonds is 4. The van der Waals surface area contributed by atoms with Crippen molar-refractivity contribution in [1.82, 2.24) is 20.5 Å². The molecule has 2 unspecified atom stereocenters. The number of halogens is 1. The fourth-order valence-corrected chi connectivity index (χ4v) is 2.31. The number of amides is 1. The van der Waals surface area contributed by atoms with E-state index in [0.29, 0.717) is 18.3 Å². The summed E-state index contributed by atoms with van der Waals surface area (Å²) in [4.78, 5) is 15.9. The number of aromatic amines is 1. The molecule has 1 saturated carbocycles. The zero-order valence-corrected chi connectivity index (χ0v) is 10.9. The van der Waals surface area contributed by atoms with E-state index >= 15 is 0 Å². The van der Waals surface area contributed by atoms with Gasteiger partial charge < -0.3 is 5.32 Å². The molecule has 1 amide bonds. The van der Waals surface area contributed by atoms with Gasteiger partial charge in [0.05, 0.1) is 6.54 Å². The van der Waals surface area contributed by atoms with Crippen molar-refractivity contribution >= 4 is 17.5 Å². The molecular weight excluding hydrogens is 264 g/mol. The highest BCUT2D eigenvalue weighted by atomic mass is 35.5. The summed E-state index contributed by atoms with van der Waals surface area (Å²) in [5.41, 5.74) is 1.17. The van der Waals surface area contributed by atoms with Crippen LogP contribution in [0.1, 0.15) is 23.7 Å². The molecule has 1 aliphatic carbocycles. The Morgan fingerprint density at radius 3 is 2.89 bits per heavy atom. The highest BCUT2D eigenvalue weighted by molar-refractivity contribution is 6.30. The van der Waals surface area contributed by atoms with Crippen LogP contribution >= 0.6 is 11.6 Å². The minimum atomic E-state index is 0.0593. The van der Waals surface area contributed by atoms with Crippen molar-refractivity contribution in [2.75, 3.05) is 0 Å². The first-order valence-corrected chi connectivity index (χ1v) is 6.49. The van der Waals surface area contributed by atoms with Crippen molar-refractivity contribution < 1.29 is 4.79 Å². The molecule has 0 spiro atoms. The minimum Gasteiger partial charge on any atom is -0.349 e. The number of hydrogen-bond donors (Lipinski definition) is 2. The van der Waals surface area contributed by atoms with Crippen LogP contribution in [0, 0.1) is 5.92 Å². The number of benzene rings is 1. The normalized spacial score (nSPS) is 21.1. The van der Waals surface area contributed by atoms with Gasteiger partial charge in [-0.3, -0.25) is 9.89 Å². The summed E-state index contributed by atoms with van der Waals surface area (Å²) in [5, 5.41) is 10.0. The van der Waals surface area contributed by atoms with Crippen LogP contribution in [-0.4, -0.2) is 21.1 Å². The van der Waals surface area contributed by atoms with Crippen LogP contribution in [0.3, 0.4) is 0 Å². The molecule has 2 N–H and O–H groups in total. The van der Waals surface area contributed by atoms with Gasteiger partial charge in [-0.05, 0) is 30.0 Å². The summed E-state index contributed by atoms with van der Waals surface area (Å²) >= 11 is 5.85. The van der Waals surface area contributed by atoms with Gasteiger partial charge >= 0.3 is 0 Å². The molecule has 1 heterocycles. The molecular formula is C13H13ClN4O. The van der Waals surface area contributed by atoms with E-state index in [1.807, 2.05) is 24.3 Å². The minimum absolute atomic E-state index is 0.0593. The lowest BCUT2D eigenvalue weighted by atomic mass is 10.1. The third-order valence-corrected chi connectivity index (χ3v) is 3.57. The maximum absolute atomic E-state index is 12.0. The van der Waals surface area contributed by atoms with Crippen LogP contribution in [-0.2, 0) is 11.3 Å². The van der Waals surface area contributed by atoms with Gasteiger partial charge in [0.25, 0.3) is 0 Å². The van der Waals surface area contributed by atoms with Gasteiger partial charge in [0.15, 0.2) is 0 Å². The van der Waals surface area contributed by atoms with Crippen LogP contribution in [0.4, 0.5) is 0 Å². The maximum Gasteiger partial charge on any atom is 0.224 e. The van der Waals surface area contributed by atoms with Crippen LogP contribution in [0.25, 0.3) is 0 Å². The first-order valence-electron chi connectivity index (χ1n) is 6.11. The highest BCUT2D eigenvalue weighted by Crippen LogP contribution is 2.47. The Hall–Kier alpha value is -1.88. The molecule has 0 bridgehead atoms. The van der Waals surface area contributed by atoms with E-state index < -0.39 is 0 Å². The summed E-state index contributed by atoms with van der Waals surface area (Å²) in [6.07, 6.45) is 2.32. The second-order valence-electron chi connectivity index (χ2n) is 4.65. The van der Waals surface area contributed by atoms with E-state index in [1.54, 1.807) is 0 Å². The van der Waals surface area contributed by atoms with Gasteiger partial charge in [-0.2, -0.15) is 5.10 Å². The largest absolute Gasteiger partial charge is 0.349 e. The van der Waals surface area contributed by atoms with Crippen molar-refractivity contribution in [3.05, 3.63) is 47.0 Å². The van der Waals surface area contributed by atoms with Crippen LogP contribution < -0.4 is 5.32 Å². The zero-order chi connectivity index (χ0) is 13.2. The maximum atomic E-state index is 12.0. The third-order valence-electron chi connectivity index (χ3n) is 3.32. The van der Waals surface area contributed by atoms with Crippen molar-refractivity contribution in [3.8, 4) is 0 Å². The molecule has 1 fully saturated rings. The van der Waals surface area contributed by atoms with Crippen molar-refractivity contribution in [2.45, 2.75) is 18.9 Å². The molecule has 0 radical (unpaired) electrons. The molecule has 0 saturated heterocycles. The monoisotopic (exact) mass is 276 g/mol. The average molecular weight is 277 g/mol. The zero-order valence-electron chi connectivity index (χ0n) is 10.1. The lowest BCUT2D eigenvalue weighted by molar-refractivity contribution is -0.122. The standard InChI is InChI=1S/C13H13ClN4O/c14-9-3-1-8(2-4-9)10-5-11(10)13(19)15-6-12-16-7-17-18-12/h1-4,7,10-11H,5-6H2,(H,15,19)(H,16,17,18). The number of carbonyl (C=O) groups is 1. The first-order chi connectivity index (χ1) is 9.24. The topological polar surface area (TPSA) is 70.7 Å². The predicted octanol–water partition coefficient (Wildman–Crippen LogP) is 1.88. The summed E-state index contributed by atoms with van der Waals surface area (Å²) in [7, 11) is 0. The number of aromatic nitrogens is 3. The fourth-order valence-electron chi connectivity index (χ4n) is 2.18. The van der Waals surface area contributed by atoms with Crippen molar-refractivity contribution in [1.29, 1.82) is 0 Å². The van der Waals surface area contributed by atoms with Gasteiger partial charge in [-0.1, -0.05) is 23.7 Å². The highest BCUT2D eigenvalue weighted by Gasteiger charge is 2.43. The molecule has 19 heavy (non-hydrogen) atoms. The average Bonchev–Trinajstić information content (AvgIpc) is 3.05. The molecule has 6 heteroatoms. The van der Waals surface area contributed by atoms with E-state index in [0.717, 1.165) is 11.4 Å². The quantitative estimate of drug-likeness (QED) is 0.896. The molecule has 3 rings (SSSR count). The van der Waals surface area contributed by atoms with Crippen LogP contribution in [0.2, 0.25) is 5.02 Å². The van der Waals surface area contributed by atoms with E-state index in [4.69, 9.17) is 11.6 Å². The molecule has 1 aliphatic rings. The van der Waals surface area contributed by atoms with E-state index in [1.165, 1.54) is 11.9 Å². The summed E-state index contributed by atoms with van der Waals surface area (Å²) in [6.45, 7) is 0.392. The SMILES string of the molecule is O=C(NCc1ncn[nH]1)C1CC1c1ccc(Cl)cc1. The summed E-state index contributed by atoms with van der Waals surface area (Å²) < 4.78 is 0. The Kier molecular flexibility index (Phi) is 3.21. The number of H-pyrrole nitrogens is 1. The van der Waals surface area contributed by atoms with Gasteiger partial charge in [0, 0.05) is 10.9 Å². The van der Waals surface area contributed by atoms with Gasteiger partial charge in [0.2, 0.25) is 5.91 Å². The Morgan fingerprint density at radius 2 is 2.21 bits per heavy atom. The van der Waals surface area contributed by atoms with E-state index in [2.05, 4.69) is 20.5 Å². The summed E-state index contributed by atoms with van der Waals surface area (Å²) in [6, 6.07) is 7.69. The molecule has 2 aromatic rings. The summed E-state index contributed by atoms with van der Waals surface area (Å²) in [5.74, 6) is 1.10. The van der Waals surface area contributed by atoms with Crippen molar-refractivity contribution in [2.24, 2.45) is 5.92 Å². The van der Waals surface area contributed by atoms with Gasteiger partial charge in [-0.15, -0.1) is 0 Å². The molecule has 0 aliphatic heterocycles. The second-order valence-corrected chi connectivity index (χ2v) is 5.09. The smallest absolute Gasteiger partial charge is 0.224 e. The third kappa shape index (κ3) is 2.76. The molecule has 5 nitrogen and oxygen atoms in total. The van der Waals surface area contributed by atoms with E-state index in [9.17, 15) is 4.79 Å². The van der Waals surface area contributed by atoms with Gasteiger partial charge in [0.1, 0.15) is 12.2 Å². The lowest BCUT2D eigenvalue weighted by Crippen LogP contribution is -2.25. The van der Waals surface area contributed by atoms with Crippen LogP contribution in [0.15, 0.2) is 30.6 Å². The molecule has 2 atom stereocenters. The fraction of sp³-hybridized carbons (Fsp3) is 0.308. The van der Waals surface area contributed by atoms with E-state index in [-0.39, 0.29) is 11.8 Å². The number of carbonyl (C=O) groups excluding carboxylic acids is 1. The predicted molar refractivity (Wildman–Crippen MR) is 70.5 cm³/mol. The Labute approximate surface area is 115 Å². The van der Waals surface area contributed by atoms with Crippen molar-refractivity contribution in [3.63, 3.8) is 0 Å². The molecule has 1 aromatic carbocycles. The van der Waals surface area contributed by atoms with Crippen LogP contribution in [0.5, 0.6) is 0 Å².